The number of urea groups is 1. The van der Waals surface area contributed by atoms with Gasteiger partial charge in [0.25, 0.3) is 17.5 Å². The normalized spacial score (nSPS) is 16.5. The number of nitro groups is 1. The number of carbonyl (C=O) groups excluding carboxylic acids is 3. The van der Waals surface area contributed by atoms with E-state index in [0.717, 1.165) is 21.8 Å². The molecule has 2 aromatic carbocycles. The van der Waals surface area contributed by atoms with E-state index >= 15 is 0 Å². The molecule has 0 saturated carbocycles. The quantitative estimate of drug-likeness (QED) is 0.327. The van der Waals surface area contributed by atoms with Crippen LogP contribution in [0.25, 0.3) is 6.08 Å². The summed E-state index contributed by atoms with van der Waals surface area (Å²) < 4.78 is 0. The van der Waals surface area contributed by atoms with Crippen molar-refractivity contribution < 1.29 is 19.3 Å². The Bertz CT molecular complexity index is 1130. The Morgan fingerprint density at radius 3 is 2.26 bits per heavy atom. The van der Waals surface area contributed by atoms with E-state index in [9.17, 15) is 24.5 Å². The molecule has 1 saturated heterocycles. The molecule has 0 aromatic heterocycles. The number of hydrogen-bond donors (Lipinski definition) is 0. The summed E-state index contributed by atoms with van der Waals surface area (Å²) in [6.45, 7) is 1.21. The largest absolute Gasteiger partial charge is 0.361 e. The Morgan fingerprint density at radius 1 is 0.968 bits per heavy atom. The molecule has 9 nitrogen and oxygen atoms in total. The predicted molar refractivity (Wildman–Crippen MR) is 113 cm³/mol. The number of hydrogen-bond acceptors (Lipinski definition) is 6. The second kappa shape index (κ2) is 7.67. The molecule has 2 aliphatic rings. The van der Waals surface area contributed by atoms with Crippen molar-refractivity contribution in [2.75, 3.05) is 25.5 Å². The Hall–Kier alpha value is -4.01. The topological polar surface area (TPSA) is 104 Å². The minimum atomic E-state index is -0.743. The lowest BCUT2D eigenvalue weighted by molar-refractivity contribution is -0.384. The van der Waals surface area contributed by atoms with Gasteiger partial charge in [0.1, 0.15) is 11.3 Å². The van der Waals surface area contributed by atoms with Crippen molar-refractivity contribution in [3.05, 3.63) is 74.8 Å². The first kappa shape index (κ1) is 20.3. The van der Waals surface area contributed by atoms with Crippen LogP contribution in [0.5, 0.6) is 0 Å². The number of barbiturate groups is 1. The zero-order valence-corrected chi connectivity index (χ0v) is 17.1. The average Bonchev–Trinajstić information content (AvgIpc) is 2.78. The summed E-state index contributed by atoms with van der Waals surface area (Å²) in [5.74, 6) is -1.49. The van der Waals surface area contributed by atoms with Crippen molar-refractivity contribution in [1.29, 1.82) is 0 Å². The summed E-state index contributed by atoms with van der Waals surface area (Å²) in [7, 11) is 2.56. The molecule has 4 amide bonds. The molecule has 158 valence electrons. The molecule has 0 radical (unpaired) electrons. The van der Waals surface area contributed by atoms with Crippen LogP contribution < -0.4 is 4.90 Å². The van der Waals surface area contributed by atoms with E-state index in [4.69, 9.17) is 0 Å². The van der Waals surface area contributed by atoms with Gasteiger partial charge >= 0.3 is 6.03 Å². The highest BCUT2D eigenvalue weighted by atomic mass is 16.6. The van der Waals surface area contributed by atoms with Crippen LogP contribution in [-0.2, 0) is 22.6 Å². The second-order valence-electron chi connectivity index (χ2n) is 7.51. The number of imide groups is 2. The molecular formula is C22H20N4O5. The van der Waals surface area contributed by atoms with Crippen molar-refractivity contribution >= 4 is 35.3 Å². The van der Waals surface area contributed by atoms with Crippen LogP contribution in [0, 0.1) is 10.1 Å². The molecule has 0 bridgehead atoms. The minimum absolute atomic E-state index is 0.109. The van der Waals surface area contributed by atoms with Gasteiger partial charge in [0.2, 0.25) is 0 Å². The van der Waals surface area contributed by atoms with Gasteiger partial charge in [-0.3, -0.25) is 29.5 Å². The molecule has 0 N–H and O–H groups in total. The molecule has 0 atom stereocenters. The van der Waals surface area contributed by atoms with Gasteiger partial charge in [0.15, 0.2) is 0 Å². The first-order chi connectivity index (χ1) is 14.8. The lowest BCUT2D eigenvalue weighted by Crippen LogP contribution is -2.52. The predicted octanol–water partition coefficient (Wildman–Crippen LogP) is 2.59. The summed E-state index contributed by atoms with van der Waals surface area (Å²) in [6, 6.07) is 11.9. The van der Waals surface area contributed by atoms with Gasteiger partial charge in [0.05, 0.1) is 4.92 Å². The van der Waals surface area contributed by atoms with Gasteiger partial charge in [-0.15, -0.1) is 0 Å². The van der Waals surface area contributed by atoms with E-state index in [2.05, 4.69) is 6.07 Å². The van der Waals surface area contributed by atoms with E-state index in [0.29, 0.717) is 24.3 Å². The van der Waals surface area contributed by atoms with Crippen LogP contribution in [0.4, 0.5) is 16.2 Å². The Morgan fingerprint density at radius 2 is 1.61 bits per heavy atom. The molecule has 2 aliphatic heterocycles. The third-order valence-electron chi connectivity index (χ3n) is 5.62. The van der Waals surface area contributed by atoms with Gasteiger partial charge in [-0.25, -0.2) is 4.79 Å². The lowest BCUT2D eigenvalue weighted by Gasteiger charge is -2.30. The molecule has 31 heavy (non-hydrogen) atoms. The maximum absolute atomic E-state index is 12.4. The number of rotatable bonds is 3. The van der Waals surface area contributed by atoms with Gasteiger partial charge in [-0.05, 0) is 35.3 Å². The van der Waals surface area contributed by atoms with Crippen molar-refractivity contribution in [3.8, 4) is 0 Å². The van der Waals surface area contributed by atoms with E-state index < -0.39 is 22.8 Å². The second-order valence-corrected chi connectivity index (χ2v) is 7.51. The molecule has 9 heteroatoms. The van der Waals surface area contributed by atoms with E-state index in [1.165, 1.54) is 31.8 Å². The highest BCUT2D eigenvalue weighted by molar-refractivity contribution is 6.30. The summed E-state index contributed by atoms with van der Waals surface area (Å²) in [6.07, 6.45) is 2.07. The first-order valence-corrected chi connectivity index (χ1v) is 9.70. The van der Waals surface area contributed by atoms with Crippen molar-refractivity contribution in [1.82, 2.24) is 9.80 Å². The smallest absolute Gasteiger partial charge is 0.333 e. The third kappa shape index (κ3) is 3.54. The Labute approximate surface area is 178 Å². The van der Waals surface area contributed by atoms with Crippen LogP contribution in [0.1, 0.15) is 16.7 Å². The van der Waals surface area contributed by atoms with Gasteiger partial charge in [0, 0.05) is 33.3 Å². The zero-order valence-electron chi connectivity index (χ0n) is 17.1. The molecule has 0 aliphatic carbocycles. The van der Waals surface area contributed by atoms with Gasteiger partial charge in [-0.2, -0.15) is 0 Å². The van der Waals surface area contributed by atoms with Gasteiger partial charge in [-0.1, -0.05) is 30.3 Å². The number of likely N-dealkylation sites (N-methyl/N-ethyl adjacent to an activating group) is 2. The monoisotopic (exact) mass is 420 g/mol. The molecule has 0 unspecified atom stereocenters. The van der Waals surface area contributed by atoms with Crippen LogP contribution >= 0.6 is 0 Å². The molecule has 0 spiro atoms. The first-order valence-electron chi connectivity index (χ1n) is 9.70. The SMILES string of the molecule is CN1C(=O)C(=Cc2ccc(N3CCc4ccccc4C3)c([N+](=O)[O-])c2)C(=O)N(C)C1=O. The number of anilines is 1. The van der Waals surface area contributed by atoms with E-state index in [1.54, 1.807) is 12.1 Å². The molecule has 1 fully saturated rings. The van der Waals surface area contributed by atoms with Crippen molar-refractivity contribution in [2.24, 2.45) is 0 Å². The summed E-state index contributed by atoms with van der Waals surface area (Å²) in [5, 5.41) is 11.8. The number of nitrogens with zero attached hydrogens (tertiary/aromatic N) is 4. The van der Waals surface area contributed by atoms with Crippen LogP contribution in [0.3, 0.4) is 0 Å². The fraction of sp³-hybridized carbons (Fsp3) is 0.227. The maximum atomic E-state index is 12.4. The van der Waals surface area contributed by atoms with Crippen LogP contribution in [0.15, 0.2) is 48.0 Å². The van der Waals surface area contributed by atoms with Crippen LogP contribution in [-0.4, -0.2) is 53.2 Å². The number of nitro benzene ring substituents is 1. The maximum Gasteiger partial charge on any atom is 0.333 e. The third-order valence-corrected chi connectivity index (χ3v) is 5.62. The summed E-state index contributed by atoms with van der Waals surface area (Å²) in [4.78, 5) is 51.6. The number of amides is 4. The zero-order chi connectivity index (χ0) is 22.3. The molecule has 2 heterocycles. The fourth-order valence-corrected chi connectivity index (χ4v) is 3.89. The molecule has 4 rings (SSSR count). The van der Waals surface area contributed by atoms with Gasteiger partial charge < -0.3 is 4.90 Å². The highest BCUT2D eigenvalue weighted by Crippen LogP contribution is 2.33. The average molecular weight is 420 g/mol. The fourth-order valence-electron chi connectivity index (χ4n) is 3.89. The minimum Gasteiger partial charge on any atom is -0.361 e. The highest BCUT2D eigenvalue weighted by Gasteiger charge is 2.38. The van der Waals surface area contributed by atoms with E-state index in [1.807, 2.05) is 23.1 Å². The van der Waals surface area contributed by atoms with Crippen LogP contribution in [0.2, 0.25) is 0 Å². The number of fused-ring (bicyclic) bond motifs is 1. The van der Waals surface area contributed by atoms with Crippen molar-refractivity contribution in [2.45, 2.75) is 13.0 Å². The lowest BCUT2D eigenvalue weighted by atomic mass is 9.99. The number of benzene rings is 2. The van der Waals surface area contributed by atoms with E-state index in [-0.39, 0.29) is 11.3 Å². The van der Waals surface area contributed by atoms with Crippen molar-refractivity contribution in [3.63, 3.8) is 0 Å². The Balaban J connectivity index is 1.70. The Kier molecular flexibility index (Phi) is 5.02. The summed E-state index contributed by atoms with van der Waals surface area (Å²) >= 11 is 0. The summed E-state index contributed by atoms with van der Waals surface area (Å²) in [5.41, 5.74) is 2.84. The molecular weight excluding hydrogens is 400 g/mol. The standard InChI is InChI=1S/C22H20N4O5/c1-23-20(27)17(21(28)24(2)22(23)29)11-14-7-8-18(19(12-14)26(30)31)25-10-9-15-5-3-4-6-16(15)13-25/h3-8,11-12H,9-10,13H2,1-2H3. The molecule has 2 aromatic rings. The number of carbonyl (C=O) groups is 3.